The van der Waals surface area contributed by atoms with Crippen molar-refractivity contribution >= 4 is 38.9 Å². The predicted octanol–water partition coefficient (Wildman–Crippen LogP) is 2.86. The Morgan fingerprint density at radius 1 is 1.62 bits per heavy atom. The summed E-state index contributed by atoms with van der Waals surface area (Å²) in [5.74, 6) is 0. The van der Waals surface area contributed by atoms with Gasteiger partial charge in [0, 0.05) is 6.54 Å². The Hall–Kier alpha value is -0.430. The van der Waals surface area contributed by atoms with Crippen LogP contribution in [0.3, 0.4) is 0 Å². The van der Waals surface area contributed by atoms with E-state index in [1.54, 1.807) is 10.9 Å². The standard InChI is InChI=1S/C9H9BrClN3OS/c1-2-14-7(5(10)3-13-14)8(15)9-12-4-6(11)16-9/h3-4,8,15H,2H2,1H3. The average Bonchev–Trinajstić information content (AvgIpc) is 2.83. The van der Waals surface area contributed by atoms with Crippen LogP contribution in [0.25, 0.3) is 0 Å². The lowest BCUT2D eigenvalue weighted by atomic mass is 10.2. The Morgan fingerprint density at radius 2 is 2.38 bits per heavy atom. The number of aryl methyl sites for hydroxylation is 1. The summed E-state index contributed by atoms with van der Waals surface area (Å²) in [6.07, 6.45) is 2.40. The van der Waals surface area contributed by atoms with Crippen LogP contribution in [0.15, 0.2) is 16.9 Å². The number of rotatable bonds is 3. The molecule has 0 aliphatic heterocycles. The number of halogens is 2. The van der Waals surface area contributed by atoms with Crippen molar-refractivity contribution in [2.45, 2.75) is 19.6 Å². The van der Waals surface area contributed by atoms with Crippen LogP contribution in [0.4, 0.5) is 0 Å². The van der Waals surface area contributed by atoms with Gasteiger partial charge in [0.25, 0.3) is 0 Å². The molecule has 0 bridgehead atoms. The number of aliphatic hydroxyl groups is 1. The van der Waals surface area contributed by atoms with Crippen LogP contribution in [-0.4, -0.2) is 19.9 Å². The lowest BCUT2D eigenvalue weighted by Gasteiger charge is -2.10. The van der Waals surface area contributed by atoms with Gasteiger partial charge in [-0.3, -0.25) is 4.68 Å². The number of hydrogen-bond acceptors (Lipinski definition) is 4. The molecule has 2 aromatic heterocycles. The molecule has 2 rings (SSSR count). The van der Waals surface area contributed by atoms with Crippen LogP contribution in [0.5, 0.6) is 0 Å². The molecular weight excluding hydrogens is 314 g/mol. The fourth-order valence-electron chi connectivity index (χ4n) is 1.41. The summed E-state index contributed by atoms with van der Waals surface area (Å²) in [5, 5.41) is 14.9. The molecule has 0 saturated carbocycles. The van der Waals surface area contributed by atoms with Crippen LogP contribution in [0, 0.1) is 0 Å². The SMILES string of the molecule is CCn1ncc(Br)c1C(O)c1ncc(Cl)s1. The van der Waals surface area contributed by atoms with Crippen molar-refractivity contribution in [2.75, 3.05) is 0 Å². The second-order valence-corrected chi connectivity index (χ2v) is 5.65. The van der Waals surface area contributed by atoms with Crippen molar-refractivity contribution < 1.29 is 5.11 Å². The Balaban J connectivity index is 2.40. The molecule has 4 nitrogen and oxygen atoms in total. The number of aromatic nitrogens is 3. The normalized spacial score (nSPS) is 13.0. The third-order valence-corrected chi connectivity index (χ3v) is 3.90. The summed E-state index contributed by atoms with van der Waals surface area (Å²) >= 11 is 10.4. The first-order valence-corrected chi connectivity index (χ1v) is 6.62. The highest BCUT2D eigenvalue weighted by Gasteiger charge is 2.21. The van der Waals surface area contributed by atoms with Crippen molar-refractivity contribution in [1.82, 2.24) is 14.8 Å². The molecule has 16 heavy (non-hydrogen) atoms. The minimum atomic E-state index is -0.797. The summed E-state index contributed by atoms with van der Waals surface area (Å²) in [6, 6.07) is 0. The first-order chi connectivity index (χ1) is 7.63. The van der Waals surface area contributed by atoms with Gasteiger partial charge in [-0.25, -0.2) is 4.98 Å². The Bertz CT molecular complexity index is 499. The van der Waals surface area contributed by atoms with E-state index in [9.17, 15) is 5.11 Å². The minimum absolute atomic E-state index is 0.563. The monoisotopic (exact) mass is 321 g/mol. The van der Waals surface area contributed by atoms with Gasteiger partial charge < -0.3 is 5.11 Å². The molecule has 86 valence electrons. The van der Waals surface area contributed by atoms with Crippen LogP contribution in [0.1, 0.15) is 23.7 Å². The number of hydrogen-bond donors (Lipinski definition) is 1. The zero-order chi connectivity index (χ0) is 11.7. The summed E-state index contributed by atoms with van der Waals surface area (Å²) in [7, 11) is 0. The lowest BCUT2D eigenvalue weighted by Crippen LogP contribution is -2.09. The zero-order valence-corrected chi connectivity index (χ0v) is 11.6. The van der Waals surface area contributed by atoms with Gasteiger partial charge in [-0.05, 0) is 22.9 Å². The number of thiazole rings is 1. The van der Waals surface area contributed by atoms with Gasteiger partial charge in [0.1, 0.15) is 15.4 Å². The molecule has 0 aliphatic rings. The first kappa shape index (κ1) is 12.0. The molecule has 0 aromatic carbocycles. The van der Waals surface area contributed by atoms with Crippen molar-refractivity contribution in [1.29, 1.82) is 0 Å². The average molecular weight is 323 g/mol. The summed E-state index contributed by atoms with van der Waals surface area (Å²) < 4.78 is 3.06. The second-order valence-electron chi connectivity index (χ2n) is 3.10. The van der Waals surface area contributed by atoms with E-state index in [-0.39, 0.29) is 0 Å². The van der Waals surface area contributed by atoms with Gasteiger partial charge in [-0.2, -0.15) is 5.10 Å². The third kappa shape index (κ3) is 2.15. The van der Waals surface area contributed by atoms with E-state index in [4.69, 9.17) is 11.6 Å². The zero-order valence-electron chi connectivity index (χ0n) is 8.39. The Labute approximate surface area is 110 Å². The fraction of sp³-hybridized carbons (Fsp3) is 0.333. The maximum absolute atomic E-state index is 10.2. The van der Waals surface area contributed by atoms with Gasteiger partial charge >= 0.3 is 0 Å². The smallest absolute Gasteiger partial charge is 0.148 e. The quantitative estimate of drug-likeness (QED) is 0.945. The molecule has 0 saturated heterocycles. The minimum Gasteiger partial charge on any atom is -0.379 e. The maximum Gasteiger partial charge on any atom is 0.148 e. The molecular formula is C9H9BrClN3OS. The topological polar surface area (TPSA) is 50.9 Å². The van der Waals surface area contributed by atoms with Gasteiger partial charge in [-0.15, -0.1) is 11.3 Å². The molecule has 2 heterocycles. The van der Waals surface area contributed by atoms with Crippen LogP contribution < -0.4 is 0 Å². The van der Waals surface area contributed by atoms with Gasteiger partial charge in [0.2, 0.25) is 0 Å². The van der Waals surface area contributed by atoms with Crippen molar-refractivity contribution in [3.63, 3.8) is 0 Å². The largest absolute Gasteiger partial charge is 0.379 e. The second kappa shape index (κ2) is 4.83. The Kier molecular flexibility index (Phi) is 3.63. The van der Waals surface area contributed by atoms with Gasteiger partial charge in [0.15, 0.2) is 0 Å². The summed E-state index contributed by atoms with van der Waals surface area (Å²) in [5.41, 5.74) is 0.702. The van der Waals surface area contributed by atoms with Crippen molar-refractivity contribution in [2.24, 2.45) is 0 Å². The van der Waals surface area contributed by atoms with Gasteiger partial charge in [0.05, 0.1) is 22.6 Å². The molecule has 7 heteroatoms. The number of aliphatic hydroxyl groups excluding tert-OH is 1. The first-order valence-electron chi connectivity index (χ1n) is 4.64. The lowest BCUT2D eigenvalue weighted by molar-refractivity contribution is 0.206. The summed E-state index contributed by atoms with van der Waals surface area (Å²) in [6.45, 7) is 2.65. The van der Waals surface area contributed by atoms with E-state index in [1.807, 2.05) is 6.92 Å². The van der Waals surface area contributed by atoms with Crippen LogP contribution in [0.2, 0.25) is 4.34 Å². The molecule has 0 radical (unpaired) electrons. The van der Waals surface area contributed by atoms with Crippen LogP contribution >= 0.6 is 38.9 Å². The van der Waals surface area contributed by atoms with E-state index in [0.29, 0.717) is 21.6 Å². The van der Waals surface area contributed by atoms with Crippen molar-refractivity contribution in [3.05, 3.63) is 31.9 Å². The molecule has 0 spiro atoms. The molecule has 1 atom stereocenters. The third-order valence-electron chi connectivity index (χ3n) is 2.12. The number of nitrogens with zero attached hydrogens (tertiary/aromatic N) is 3. The molecule has 1 unspecified atom stereocenters. The van der Waals surface area contributed by atoms with E-state index < -0.39 is 6.10 Å². The van der Waals surface area contributed by atoms with E-state index in [1.165, 1.54) is 17.5 Å². The highest BCUT2D eigenvalue weighted by atomic mass is 79.9. The fourth-order valence-corrected chi connectivity index (χ4v) is 2.84. The van der Waals surface area contributed by atoms with Gasteiger partial charge in [-0.1, -0.05) is 11.6 Å². The molecule has 1 N–H and O–H groups in total. The van der Waals surface area contributed by atoms with Crippen LogP contribution in [-0.2, 0) is 6.54 Å². The van der Waals surface area contributed by atoms with E-state index >= 15 is 0 Å². The molecule has 0 amide bonds. The highest BCUT2D eigenvalue weighted by Crippen LogP contribution is 2.32. The summed E-state index contributed by atoms with van der Waals surface area (Å²) in [4.78, 5) is 4.06. The molecule has 0 fully saturated rings. The highest BCUT2D eigenvalue weighted by molar-refractivity contribution is 9.10. The predicted molar refractivity (Wildman–Crippen MR) is 66.8 cm³/mol. The maximum atomic E-state index is 10.2. The molecule has 2 aromatic rings. The van der Waals surface area contributed by atoms with E-state index in [0.717, 1.165) is 4.47 Å². The van der Waals surface area contributed by atoms with E-state index in [2.05, 4.69) is 26.0 Å². The van der Waals surface area contributed by atoms with Crippen molar-refractivity contribution in [3.8, 4) is 0 Å². The Morgan fingerprint density at radius 3 is 2.94 bits per heavy atom. The molecule has 0 aliphatic carbocycles.